The maximum absolute atomic E-state index is 11.7. The molecule has 92 valence electrons. The fraction of sp³-hybridized carbons (Fsp3) is 0.923. The summed E-state index contributed by atoms with van der Waals surface area (Å²) < 4.78 is 6.02. The molecule has 3 aliphatic carbocycles. The van der Waals surface area contributed by atoms with Crippen LogP contribution in [0.5, 0.6) is 0 Å². The van der Waals surface area contributed by atoms with E-state index in [0.29, 0.717) is 15.4 Å². The Morgan fingerprint density at radius 1 is 1.31 bits per heavy atom. The summed E-state index contributed by atoms with van der Waals surface area (Å²) in [7, 11) is 0. The minimum absolute atomic E-state index is 0.0570. The zero-order chi connectivity index (χ0) is 12.0. The summed E-state index contributed by atoms with van der Waals surface area (Å²) in [5.74, 6) is -0.0570. The zero-order valence-electron chi connectivity index (χ0n) is 10.4. The minimum Gasteiger partial charge on any atom is -0.465 e. The predicted octanol–water partition coefficient (Wildman–Crippen LogP) is 3.71. The highest BCUT2D eigenvalue weighted by molar-refractivity contribution is 14.1. The maximum Gasteiger partial charge on any atom is 0.311 e. The third kappa shape index (κ3) is 2.39. The van der Waals surface area contributed by atoms with Crippen molar-refractivity contribution in [3.63, 3.8) is 0 Å². The van der Waals surface area contributed by atoms with Crippen LogP contribution in [0.3, 0.4) is 0 Å². The molecule has 0 aromatic heterocycles. The topological polar surface area (TPSA) is 26.3 Å². The zero-order valence-corrected chi connectivity index (χ0v) is 12.6. The van der Waals surface area contributed by atoms with Gasteiger partial charge in [0.15, 0.2) is 0 Å². The van der Waals surface area contributed by atoms with Gasteiger partial charge in [-0.25, -0.2) is 0 Å². The smallest absolute Gasteiger partial charge is 0.311 e. The number of hydrogen-bond donors (Lipinski definition) is 0. The van der Waals surface area contributed by atoms with Gasteiger partial charge in [-0.15, -0.1) is 0 Å². The number of carbonyl (C=O) groups excluding carboxylic acids is 1. The van der Waals surface area contributed by atoms with E-state index in [0.717, 1.165) is 0 Å². The van der Waals surface area contributed by atoms with Crippen LogP contribution in [0.2, 0.25) is 0 Å². The van der Waals surface area contributed by atoms with Gasteiger partial charge in [-0.05, 0) is 46.5 Å². The van der Waals surface area contributed by atoms with Gasteiger partial charge in [-0.2, -0.15) is 0 Å². The van der Waals surface area contributed by atoms with Crippen LogP contribution in [0, 0.1) is 10.8 Å². The Kier molecular flexibility index (Phi) is 3.05. The lowest BCUT2D eigenvalue weighted by Crippen LogP contribution is -2.54. The highest BCUT2D eigenvalue weighted by Gasteiger charge is 2.56. The van der Waals surface area contributed by atoms with Gasteiger partial charge >= 0.3 is 5.97 Å². The van der Waals surface area contributed by atoms with Gasteiger partial charge in [0, 0.05) is 8.84 Å². The molecule has 0 aromatic carbocycles. The second-order valence-corrected chi connectivity index (χ2v) is 8.97. The van der Waals surface area contributed by atoms with Crippen molar-refractivity contribution in [3.05, 3.63) is 0 Å². The number of ether oxygens (including phenoxy) is 1. The van der Waals surface area contributed by atoms with E-state index in [2.05, 4.69) is 22.6 Å². The van der Waals surface area contributed by atoms with Crippen molar-refractivity contribution in [3.8, 4) is 0 Å². The van der Waals surface area contributed by atoms with E-state index >= 15 is 0 Å². The SMILES string of the molecule is CC(C)(C)C(=O)OCC12CCCC(I)(C1)C2. The highest BCUT2D eigenvalue weighted by atomic mass is 127. The number of rotatable bonds is 2. The second kappa shape index (κ2) is 3.85. The molecule has 2 bridgehead atoms. The fourth-order valence-electron chi connectivity index (χ4n) is 3.04. The average molecular weight is 336 g/mol. The Bertz CT molecular complexity index is 298. The first kappa shape index (κ1) is 12.7. The van der Waals surface area contributed by atoms with Gasteiger partial charge in [0.25, 0.3) is 0 Å². The van der Waals surface area contributed by atoms with Gasteiger partial charge < -0.3 is 4.74 Å². The van der Waals surface area contributed by atoms with E-state index in [1.165, 1.54) is 32.1 Å². The Morgan fingerprint density at radius 3 is 2.44 bits per heavy atom. The molecule has 3 fully saturated rings. The number of hydrogen-bond acceptors (Lipinski definition) is 2. The van der Waals surface area contributed by atoms with Crippen molar-refractivity contribution in [2.75, 3.05) is 6.61 Å². The molecule has 0 aromatic rings. The highest BCUT2D eigenvalue weighted by Crippen LogP contribution is 2.62. The molecule has 3 saturated carbocycles. The quantitative estimate of drug-likeness (QED) is 0.437. The van der Waals surface area contributed by atoms with Gasteiger partial charge in [0.2, 0.25) is 0 Å². The van der Waals surface area contributed by atoms with Crippen LogP contribution < -0.4 is 0 Å². The minimum atomic E-state index is -0.365. The van der Waals surface area contributed by atoms with E-state index in [4.69, 9.17) is 4.74 Å². The van der Waals surface area contributed by atoms with E-state index in [-0.39, 0.29) is 11.4 Å². The number of esters is 1. The lowest BCUT2D eigenvalue weighted by atomic mass is 9.54. The number of fused-ring (bicyclic) bond motifs is 2. The fourth-order valence-corrected chi connectivity index (χ4v) is 5.04. The standard InChI is InChI=1S/C13H21IO2/c1-11(2,3)10(15)16-9-12-5-4-6-13(14,7-12)8-12/h4-9H2,1-3H3. The van der Waals surface area contributed by atoms with E-state index < -0.39 is 0 Å². The number of carbonyl (C=O) groups is 1. The van der Waals surface area contributed by atoms with Crippen molar-refractivity contribution in [2.24, 2.45) is 10.8 Å². The predicted molar refractivity (Wildman–Crippen MR) is 72.7 cm³/mol. The van der Waals surface area contributed by atoms with Crippen LogP contribution in [-0.4, -0.2) is 16.0 Å². The van der Waals surface area contributed by atoms with E-state index in [9.17, 15) is 4.79 Å². The summed E-state index contributed by atoms with van der Waals surface area (Å²) in [6, 6.07) is 0. The lowest BCUT2D eigenvalue weighted by molar-refractivity contribution is -0.161. The van der Waals surface area contributed by atoms with Crippen LogP contribution in [0.25, 0.3) is 0 Å². The molecule has 3 heteroatoms. The Morgan fingerprint density at radius 2 is 1.94 bits per heavy atom. The van der Waals surface area contributed by atoms with Crippen LogP contribution in [0.4, 0.5) is 0 Å². The summed E-state index contributed by atoms with van der Waals surface area (Å²) in [6.07, 6.45) is 6.39. The summed E-state index contributed by atoms with van der Waals surface area (Å²) in [4.78, 5) is 11.7. The molecule has 3 rings (SSSR count). The molecule has 2 nitrogen and oxygen atoms in total. The van der Waals surface area contributed by atoms with Crippen molar-refractivity contribution >= 4 is 28.6 Å². The molecule has 0 amide bonds. The molecule has 0 radical (unpaired) electrons. The Labute approximate surface area is 112 Å². The van der Waals surface area contributed by atoms with Crippen molar-refractivity contribution in [1.82, 2.24) is 0 Å². The molecule has 0 heterocycles. The Balaban J connectivity index is 1.86. The molecule has 0 spiro atoms. The van der Waals surface area contributed by atoms with Crippen LogP contribution >= 0.6 is 22.6 Å². The normalized spacial score (nSPS) is 37.8. The average Bonchev–Trinajstić information content (AvgIpc) is 2.11. The summed E-state index contributed by atoms with van der Waals surface area (Å²) in [5.41, 5.74) is -0.0309. The first-order valence-corrected chi connectivity index (χ1v) is 7.19. The van der Waals surface area contributed by atoms with E-state index in [1.807, 2.05) is 20.8 Å². The third-order valence-electron chi connectivity index (χ3n) is 3.84. The Hall–Kier alpha value is 0.200. The molecule has 3 aliphatic rings. The summed E-state index contributed by atoms with van der Waals surface area (Å²) in [6.45, 7) is 6.39. The molecule has 0 N–H and O–H groups in total. The van der Waals surface area contributed by atoms with Gasteiger partial charge in [0.1, 0.15) is 0 Å². The van der Waals surface area contributed by atoms with Crippen LogP contribution in [-0.2, 0) is 9.53 Å². The maximum atomic E-state index is 11.7. The molecule has 0 aliphatic heterocycles. The number of alkyl halides is 1. The molecular formula is C13H21IO2. The summed E-state index contributed by atoms with van der Waals surface area (Å²) in [5, 5.41) is 0. The van der Waals surface area contributed by atoms with Gasteiger partial charge in [0.05, 0.1) is 12.0 Å². The molecule has 0 unspecified atom stereocenters. The van der Waals surface area contributed by atoms with E-state index in [1.54, 1.807) is 0 Å². The van der Waals surface area contributed by atoms with Gasteiger partial charge in [-0.1, -0.05) is 29.0 Å². The molecular weight excluding hydrogens is 315 g/mol. The van der Waals surface area contributed by atoms with Crippen LogP contribution in [0.15, 0.2) is 0 Å². The molecule has 0 saturated heterocycles. The first-order chi connectivity index (χ1) is 7.25. The summed E-state index contributed by atoms with van der Waals surface area (Å²) >= 11 is 2.60. The second-order valence-electron chi connectivity index (χ2n) is 6.68. The third-order valence-corrected chi connectivity index (χ3v) is 5.14. The first-order valence-electron chi connectivity index (χ1n) is 6.11. The molecule has 16 heavy (non-hydrogen) atoms. The largest absolute Gasteiger partial charge is 0.465 e. The van der Waals surface area contributed by atoms with Crippen molar-refractivity contribution in [1.29, 1.82) is 0 Å². The lowest BCUT2D eigenvalue weighted by Gasteiger charge is -2.57. The van der Waals surface area contributed by atoms with Gasteiger partial charge in [-0.3, -0.25) is 4.79 Å². The van der Waals surface area contributed by atoms with Crippen LogP contribution in [0.1, 0.15) is 52.9 Å². The van der Waals surface area contributed by atoms with Crippen molar-refractivity contribution < 1.29 is 9.53 Å². The number of halogens is 1. The van der Waals surface area contributed by atoms with Crippen molar-refractivity contribution in [2.45, 2.75) is 56.3 Å². The monoisotopic (exact) mass is 336 g/mol. The molecule has 0 atom stereocenters.